The summed E-state index contributed by atoms with van der Waals surface area (Å²) in [5.41, 5.74) is 1.29. The Labute approximate surface area is 104 Å². The Morgan fingerprint density at radius 3 is 2.75 bits per heavy atom. The average molecular weight is 253 g/mol. The number of thiophene rings is 1. The molecule has 0 aromatic carbocycles. The standard InChI is InChI=1S/C11H15N3S2/c1-11(2,3)12-6-9-13-14-10(16-9)8-4-5-15-7-8/h4-5,7,12H,6H2,1-3H3. The monoisotopic (exact) mass is 253 g/mol. The molecule has 0 spiro atoms. The Kier molecular flexibility index (Phi) is 3.37. The molecule has 0 saturated heterocycles. The fraction of sp³-hybridized carbons (Fsp3) is 0.455. The Balaban J connectivity index is 2.03. The summed E-state index contributed by atoms with van der Waals surface area (Å²) in [6.07, 6.45) is 0. The van der Waals surface area contributed by atoms with Gasteiger partial charge >= 0.3 is 0 Å². The van der Waals surface area contributed by atoms with Crippen LogP contribution in [0.15, 0.2) is 16.8 Å². The maximum absolute atomic E-state index is 4.19. The number of hydrogen-bond acceptors (Lipinski definition) is 5. The summed E-state index contributed by atoms with van der Waals surface area (Å²) in [5, 5.41) is 18.0. The van der Waals surface area contributed by atoms with Crippen LogP contribution in [0.2, 0.25) is 0 Å². The number of hydrogen-bond donors (Lipinski definition) is 1. The minimum atomic E-state index is 0.119. The van der Waals surface area contributed by atoms with E-state index in [1.54, 1.807) is 22.7 Å². The predicted molar refractivity (Wildman–Crippen MR) is 69.8 cm³/mol. The lowest BCUT2D eigenvalue weighted by Gasteiger charge is -2.19. The topological polar surface area (TPSA) is 37.8 Å². The van der Waals surface area contributed by atoms with Gasteiger partial charge in [-0.15, -0.1) is 10.2 Å². The van der Waals surface area contributed by atoms with E-state index in [9.17, 15) is 0 Å². The van der Waals surface area contributed by atoms with Crippen molar-refractivity contribution in [2.75, 3.05) is 0 Å². The molecule has 16 heavy (non-hydrogen) atoms. The van der Waals surface area contributed by atoms with Crippen molar-refractivity contribution in [2.45, 2.75) is 32.9 Å². The molecule has 0 bridgehead atoms. The molecule has 2 rings (SSSR count). The van der Waals surface area contributed by atoms with E-state index in [1.165, 1.54) is 5.56 Å². The van der Waals surface area contributed by atoms with E-state index in [1.807, 2.05) is 0 Å². The number of nitrogens with zero attached hydrogens (tertiary/aromatic N) is 2. The molecule has 1 N–H and O–H groups in total. The highest BCUT2D eigenvalue weighted by Gasteiger charge is 2.11. The molecule has 0 aliphatic rings. The van der Waals surface area contributed by atoms with Gasteiger partial charge in [-0.05, 0) is 32.2 Å². The minimum Gasteiger partial charge on any atom is -0.306 e. The van der Waals surface area contributed by atoms with Crippen LogP contribution in [0.25, 0.3) is 10.6 Å². The van der Waals surface area contributed by atoms with Crippen LogP contribution in [0.4, 0.5) is 0 Å². The van der Waals surface area contributed by atoms with Crippen LogP contribution in [-0.4, -0.2) is 15.7 Å². The average Bonchev–Trinajstić information content (AvgIpc) is 2.84. The fourth-order valence-electron chi connectivity index (χ4n) is 1.17. The predicted octanol–water partition coefficient (Wildman–Crippen LogP) is 3.15. The first-order chi connectivity index (χ1) is 7.54. The van der Waals surface area contributed by atoms with Crippen LogP contribution < -0.4 is 5.32 Å². The van der Waals surface area contributed by atoms with E-state index in [0.29, 0.717) is 0 Å². The van der Waals surface area contributed by atoms with Crippen LogP contribution >= 0.6 is 22.7 Å². The van der Waals surface area contributed by atoms with Gasteiger partial charge in [-0.1, -0.05) is 11.3 Å². The third-order valence-corrected chi connectivity index (χ3v) is 3.66. The highest BCUT2D eigenvalue weighted by molar-refractivity contribution is 7.15. The molecule has 5 heteroatoms. The summed E-state index contributed by atoms with van der Waals surface area (Å²) in [6, 6.07) is 2.08. The molecule has 0 fully saturated rings. The molecule has 3 nitrogen and oxygen atoms in total. The molecular weight excluding hydrogens is 238 g/mol. The van der Waals surface area contributed by atoms with Gasteiger partial charge in [0.25, 0.3) is 0 Å². The molecule has 86 valence electrons. The van der Waals surface area contributed by atoms with Gasteiger partial charge in [0.05, 0.1) is 6.54 Å². The van der Waals surface area contributed by atoms with Gasteiger partial charge < -0.3 is 5.32 Å². The third-order valence-electron chi connectivity index (χ3n) is 2.00. The zero-order valence-electron chi connectivity index (χ0n) is 9.65. The van der Waals surface area contributed by atoms with Crippen molar-refractivity contribution in [3.63, 3.8) is 0 Å². The van der Waals surface area contributed by atoms with E-state index in [4.69, 9.17) is 0 Å². The fourth-order valence-corrected chi connectivity index (χ4v) is 2.66. The van der Waals surface area contributed by atoms with E-state index >= 15 is 0 Å². The van der Waals surface area contributed by atoms with Crippen LogP contribution in [-0.2, 0) is 6.54 Å². The minimum absolute atomic E-state index is 0.119. The summed E-state index contributed by atoms with van der Waals surface area (Å²) in [4.78, 5) is 0. The second kappa shape index (κ2) is 4.61. The molecule has 2 heterocycles. The maximum atomic E-state index is 4.19. The highest BCUT2D eigenvalue weighted by Crippen LogP contribution is 2.25. The van der Waals surface area contributed by atoms with Crippen LogP contribution in [0.5, 0.6) is 0 Å². The second-order valence-electron chi connectivity index (χ2n) is 4.62. The first kappa shape index (κ1) is 11.7. The lowest BCUT2D eigenvalue weighted by atomic mass is 10.1. The smallest absolute Gasteiger partial charge is 0.148 e. The van der Waals surface area contributed by atoms with Crippen molar-refractivity contribution in [1.82, 2.24) is 15.5 Å². The Hall–Kier alpha value is -0.780. The van der Waals surface area contributed by atoms with E-state index < -0.39 is 0 Å². The summed E-state index contributed by atoms with van der Waals surface area (Å²) in [5.74, 6) is 0. The van der Waals surface area contributed by atoms with E-state index in [2.05, 4.69) is 53.1 Å². The van der Waals surface area contributed by atoms with Crippen molar-refractivity contribution in [3.05, 3.63) is 21.8 Å². The summed E-state index contributed by atoms with van der Waals surface area (Å²) < 4.78 is 0. The van der Waals surface area contributed by atoms with E-state index in [0.717, 1.165) is 16.6 Å². The SMILES string of the molecule is CC(C)(C)NCc1nnc(-c2ccsc2)s1. The van der Waals surface area contributed by atoms with Crippen LogP contribution in [0.1, 0.15) is 25.8 Å². The van der Waals surface area contributed by atoms with Gasteiger partial charge in [0.2, 0.25) is 0 Å². The zero-order chi connectivity index (χ0) is 11.6. The van der Waals surface area contributed by atoms with Gasteiger partial charge in [0.15, 0.2) is 0 Å². The van der Waals surface area contributed by atoms with Crippen LogP contribution in [0.3, 0.4) is 0 Å². The number of nitrogens with one attached hydrogen (secondary N) is 1. The number of aromatic nitrogens is 2. The molecule has 0 radical (unpaired) electrons. The van der Waals surface area contributed by atoms with Crippen molar-refractivity contribution in [2.24, 2.45) is 0 Å². The van der Waals surface area contributed by atoms with Gasteiger partial charge in [0.1, 0.15) is 10.0 Å². The van der Waals surface area contributed by atoms with Crippen molar-refractivity contribution in [3.8, 4) is 10.6 Å². The Bertz CT molecular complexity index is 440. The zero-order valence-corrected chi connectivity index (χ0v) is 11.3. The largest absolute Gasteiger partial charge is 0.306 e. The van der Waals surface area contributed by atoms with Gasteiger partial charge in [0, 0.05) is 16.5 Å². The first-order valence-electron chi connectivity index (χ1n) is 5.14. The Morgan fingerprint density at radius 1 is 1.31 bits per heavy atom. The van der Waals surface area contributed by atoms with Crippen molar-refractivity contribution < 1.29 is 0 Å². The molecule has 0 aliphatic carbocycles. The third kappa shape index (κ3) is 3.10. The molecule has 2 aromatic rings. The van der Waals surface area contributed by atoms with Gasteiger partial charge in [-0.25, -0.2) is 0 Å². The molecule has 0 amide bonds. The van der Waals surface area contributed by atoms with Gasteiger partial charge in [-0.2, -0.15) is 11.3 Å². The normalized spacial score (nSPS) is 11.9. The molecule has 2 aromatic heterocycles. The molecule has 0 atom stereocenters. The summed E-state index contributed by atoms with van der Waals surface area (Å²) >= 11 is 3.34. The van der Waals surface area contributed by atoms with Gasteiger partial charge in [-0.3, -0.25) is 0 Å². The second-order valence-corrected chi connectivity index (χ2v) is 6.46. The summed E-state index contributed by atoms with van der Waals surface area (Å²) in [7, 11) is 0. The first-order valence-corrected chi connectivity index (χ1v) is 6.90. The van der Waals surface area contributed by atoms with Crippen molar-refractivity contribution >= 4 is 22.7 Å². The quantitative estimate of drug-likeness (QED) is 0.913. The number of rotatable bonds is 3. The molecule has 0 aliphatic heterocycles. The van der Waals surface area contributed by atoms with Crippen LogP contribution in [0, 0.1) is 0 Å². The summed E-state index contributed by atoms with van der Waals surface area (Å²) in [6.45, 7) is 7.22. The molecule has 0 saturated carbocycles. The molecule has 0 unspecified atom stereocenters. The lowest BCUT2D eigenvalue weighted by molar-refractivity contribution is 0.423. The molecular formula is C11H15N3S2. The van der Waals surface area contributed by atoms with Crippen molar-refractivity contribution in [1.29, 1.82) is 0 Å². The lowest BCUT2D eigenvalue weighted by Crippen LogP contribution is -2.35. The highest BCUT2D eigenvalue weighted by atomic mass is 32.1. The maximum Gasteiger partial charge on any atom is 0.148 e. The Morgan fingerprint density at radius 2 is 2.12 bits per heavy atom. The van der Waals surface area contributed by atoms with E-state index in [-0.39, 0.29) is 5.54 Å².